The molecule has 0 N–H and O–H groups in total. The number of nitrogens with zero attached hydrogens (tertiary/aromatic N) is 1. The normalized spacial score (nSPS) is 19.5. The van der Waals surface area contributed by atoms with Crippen LogP contribution in [-0.4, -0.2) is 12.2 Å². The second-order valence-corrected chi connectivity index (χ2v) is 2.62. The van der Waals surface area contributed by atoms with Crippen molar-refractivity contribution in [3.63, 3.8) is 0 Å². The van der Waals surface area contributed by atoms with Gasteiger partial charge in [-0.15, -0.1) is 6.58 Å². The summed E-state index contributed by atoms with van der Waals surface area (Å²) in [6.07, 6.45) is 4.32. The number of ether oxygens (including phenoxy) is 1. The SMILES string of the molecule is C=CCOC1(CC#N)CC1. The molecule has 0 amide bonds. The molecule has 0 bridgehead atoms. The first-order valence-corrected chi connectivity index (χ1v) is 3.45. The van der Waals surface area contributed by atoms with Gasteiger partial charge >= 0.3 is 0 Å². The summed E-state index contributed by atoms with van der Waals surface area (Å²) in [6, 6.07) is 2.12. The Hall–Kier alpha value is -0.810. The van der Waals surface area contributed by atoms with Crippen molar-refractivity contribution in [1.29, 1.82) is 5.26 Å². The molecule has 0 spiro atoms. The van der Waals surface area contributed by atoms with Crippen molar-refractivity contribution in [2.75, 3.05) is 6.61 Å². The van der Waals surface area contributed by atoms with Crippen LogP contribution in [0.15, 0.2) is 12.7 Å². The van der Waals surface area contributed by atoms with E-state index in [9.17, 15) is 0 Å². The number of rotatable bonds is 4. The molecule has 0 aromatic carbocycles. The van der Waals surface area contributed by atoms with Gasteiger partial charge in [0.2, 0.25) is 0 Å². The standard InChI is InChI=1S/C8H11NO/c1-2-7-10-8(3-4-8)5-6-9/h2H,1,3-5,7H2. The Kier molecular flexibility index (Phi) is 2.08. The summed E-state index contributed by atoms with van der Waals surface area (Å²) in [5.74, 6) is 0. The minimum absolute atomic E-state index is 0.0804. The van der Waals surface area contributed by atoms with Crippen LogP contribution in [0.4, 0.5) is 0 Å². The first-order valence-electron chi connectivity index (χ1n) is 3.45. The van der Waals surface area contributed by atoms with Crippen LogP contribution in [0.25, 0.3) is 0 Å². The number of nitriles is 1. The molecule has 1 fully saturated rings. The highest BCUT2D eigenvalue weighted by molar-refractivity contribution is 5.02. The Morgan fingerprint density at radius 1 is 1.70 bits per heavy atom. The molecule has 0 unspecified atom stereocenters. The lowest BCUT2D eigenvalue weighted by molar-refractivity contribution is 0.0567. The van der Waals surface area contributed by atoms with E-state index in [0.717, 1.165) is 12.8 Å². The molecule has 1 aliphatic carbocycles. The molecule has 54 valence electrons. The first kappa shape index (κ1) is 7.30. The Bertz CT molecular complexity index is 165. The van der Waals surface area contributed by atoms with Crippen LogP contribution in [0.5, 0.6) is 0 Å². The van der Waals surface area contributed by atoms with Crippen LogP contribution in [0, 0.1) is 11.3 Å². The zero-order chi connectivity index (χ0) is 7.45. The second-order valence-electron chi connectivity index (χ2n) is 2.62. The van der Waals surface area contributed by atoms with Crippen LogP contribution in [0.1, 0.15) is 19.3 Å². The lowest BCUT2D eigenvalue weighted by Crippen LogP contribution is -2.12. The van der Waals surface area contributed by atoms with Crippen LogP contribution in [0.3, 0.4) is 0 Å². The molecular weight excluding hydrogens is 126 g/mol. The second kappa shape index (κ2) is 2.85. The summed E-state index contributed by atoms with van der Waals surface area (Å²) >= 11 is 0. The fraction of sp³-hybridized carbons (Fsp3) is 0.625. The minimum atomic E-state index is -0.0804. The first-order chi connectivity index (χ1) is 4.83. The van der Waals surface area contributed by atoms with Gasteiger partial charge < -0.3 is 4.74 Å². The van der Waals surface area contributed by atoms with Gasteiger partial charge in [-0.05, 0) is 12.8 Å². The molecule has 0 aromatic rings. The lowest BCUT2D eigenvalue weighted by Gasteiger charge is -2.09. The Labute approximate surface area is 61.1 Å². The average Bonchev–Trinajstić information content (AvgIpc) is 2.67. The number of hydrogen-bond acceptors (Lipinski definition) is 2. The average molecular weight is 137 g/mol. The summed E-state index contributed by atoms with van der Waals surface area (Å²) in [5.41, 5.74) is -0.0804. The smallest absolute Gasteiger partial charge is 0.0818 e. The minimum Gasteiger partial charge on any atom is -0.370 e. The van der Waals surface area contributed by atoms with Crippen molar-refractivity contribution in [2.24, 2.45) is 0 Å². The van der Waals surface area contributed by atoms with Gasteiger partial charge in [0.15, 0.2) is 0 Å². The number of hydrogen-bond donors (Lipinski definition) is 0. The zero-order valence-corrected chi connectivity index (χ0v) is 5.97. The van der Waals surface area contributed by atoms with E-state index in [-0.39, 0.29) is 5.60 Å². The summed E-state index contributed by atoms with van der Waals surface area (Å²) in [4.78, 5) is 0. The van der Waals surface area contributed by atoms with Crippen molar-refractivity contribution in [1.82, 2.24) is 0 Å². The predicted molar refractivity (Wildman–Crippen MR) is 38.3 cm³/mol. The van der Waals surface area contributed by atoms with Crippen molar-refractivity contribution < 1.29 is 4.74 Å². The summed E-state index contributed by atoms with van der Waals surface area (Å²) in [5, 5.41) is 8.39. The molecular formula is C8H11NO. The highest BCUT2D eigenvalue weighted by Gasteiger charge is 2.43. The van der Waals surface area contributed by atoms with Gasteiger partial charge in [0.1, 0.15) is 0 Å². The lowest BCUT2D eigenvalue weighted by atomic mass is 10.2. The maximum absolute atomic E-state index is 8.39. The Morgan fingerprint density at radius 3 is 2.80 bits per heavy atom. The fourth-order valence-corrected chi connectivity index (χ4v) is 0.891. The van der Waals surface area contributed by atoms with Gasteiger partial charge in [-0.3, -0.25) is 0 Å². The van der Waals surface area contributed by atoms with Crippen molar-refractivity contribution in [3.05, 3.63) is 12.7 Å². The molecule has 0 heterocycles. The third kappa shape index (κ3) is 1.58. The van der Waals surface area contributed by atoms with E-state index in [1.54, 1.807) is 6.08 Å². The molecule has 10 heavy (non-hydrogen) atoms. The van der Waals surface area contributed by atoms with Gasteiger partial charge in [-0.25, -0.2) is 0 Å². The maximum atomic E-state index is 8.39. The van der Waals surface area contributed by atoms with Crippen LogP contribution >= 0.6 is 0 Å². The third-order valence-electron chi connectivity index (χ3n) is 1.72. The van der Waals surface area contributed by atoms with Crippen molar-refractivity contribution in [3.8, 4) is 6.07 Å². The van der Waals surface area contributed by atoms with Crippen molar-refractivity contribution >= 4 is 0 Å². The van der Waals surface area contributed by atoms with Gasteiger partial charge in [-0.1, -0.05) is 6.08 Å². The maximum Gasteiger partial charge on any atom is 0.0818 e. The molecule has 2 nitrogen and oxygen atoms in total. The van der Waals surface area contributed by atoms with Gasteiger partial charge in [0.25, 0.3) is 0 Å². The topological polar surface area (TPSA) is 33.0 Å². The van der Waals surface area contributed by atoms with Gasteiger partial charge in [0, 0.05) is 0 Å². The van der Waals surface area contributed by atoms with Crippen LogP contribution in [-0.2, 0) is 4.74 Å². The molecule has 0 atom stereocenters. The van der Waals surface area contributed by atoms with Gasteiger partial charge in [0.05, 0.1) is 24.7 Å². The van der Waals surface area contributed by atoms with E-state index in [2.05, 4.69) is 12.6 Å². The monoisotopic (exact) mass is 137 g/mol. The molecule has 0 aliphatic heterocycles. The van der Waals surface area contributed by atoms with E-state index < -0.39 is 0 Å². The Balaban J connectivity index is 2.24. The molecule has 0 saturated heterocycles. The largest absolute Gasteiger partial charge is 0.370 e. The zero-order valence-electron chi connectivity index (χ0n) is 5.97. The quantitative estimate of drug-likeness (QED) is 0.552. The third-order valence-corrected chi connectivity index (χ3v) is 1.72. The fourth-order valence-electron chi connectivity index (χ4n) is 0.891. The van der Waals surface area contributed by atoms with Gasteiger partial charge in [-0.2, -0.15) is 5.26 Å². The van der Waals surface area contributed by atoms with Crippen molar-refractivity contribution in [2.45, 2.75) is 24.9 Å². The predicted octanol–water partition coefficient (Wildman–Crippen LogP) is 1.64. The summed E-state index contributed by atoms with van der Waals surface area (Å²) in [6.45, 7) is 4.11. The van der Waals surface area contributed by atoms with E-state index in [1.807, 2.05) is 0 Å². The molecule has 0 aromatic heterocycles. The highest BCUT2D eigenvalue weighted by atomic mass is 16.5. The molecule has 2 heteroatoms. The summed E-state index contributed by atoms with van der Waals surface area (Å²) < 4.78 is 5.39. The Morgan fingerprint density at radius 2 is 2.40 bits per heavy atom. The molecule has 1 rings (SSSR count). The molecule has 1 aliphatic rings. The molecule has 1 saturated carbocycles. The van der Waals surface area contributed by atoms with Crippen LogP contribution < -0.4 is 0 Å². The van der Waals surface area contributed by atoms with E-state index in [1.165, 1.54) is 0 Å². The van der Waals surface area contributed by atoms with E-state index in [4.69, 9.17) is 10.00 Å². The van der Waals surface area contributed by atoms with E-state index in [0.29, 0.717) is 13.0 Å². The molecule has 0 radical (unpaired) electrons. The van der Waals surface area contributed by atoms with E-state index >= 15 is 0 Å². The van der Waals surface area contributed by atoms with Crippen LogP contribution in [0.2, 0.25) is 0 Å². The highest BCUT2D eigenvalue weighted by Crippen LogP contribution is 2.42. The summed E-state index contributed by atoms with van der Waals surface area (Å²) in [7, 11) is 0.